The summed E-state index contributed by atoms with van der Waals surface area (Å²) >= 11 is 15.0. The topological polar surface area (TPSA) is 205 Å². The zero-order valence-corrected chi connectivity index (χ0v) is 48.2. The molecule has 1 saturated carbocycles. The molecule has 7 rings (SSSR count). The van der Waals surface area contributed by atoms with Crippen molar-refractivity contribution >= 4 is 112 Å². The van der Waals surface area contributed by atoms with Gasteiger partial charge in [0, 0.05) is 51.1 Å². The van der Waals surface area contributed by atoms with Crippen molar-refractivity contribution < 1.29 is 79.2 Å². The van der Waals surface area contributed by atoms with E-state index in [1.54, 1.807) is 0 Å². The van der Waals surface area contributed by atoms with Crippen LogP contribution in [0.25, 0.3) is 0 Å². The van der Waals surface area contributed by atoms with Gasteiger partial charge in [-0.25, -0.2) is 0 Å². The van der Waals surface area contributed by atoms with Crippen molar-refractivity contribution in [3.8, 4) is 0 Å². The van der Waals surface area contributed by atoms with Gasteiger partial charge in [-0.3, -0.25) is 4.52 Å². The van der Waals surface area contributed by atoms with Gasteiger partial charge in [0.25, 0.3) is 0 Å². The zero-order valence-electron chi connectivity index (χ0n) is 42.9. The van der Waals surface area contributed by atoms with Gasteiger partial charge in [-0.05, 0) is 109 Å². The van der Waals surface area contributed by atoms with Crippen LogP contribution in [0.4, 0.5) is 0 Å². The highest BCUT2D eigenvalue weighted by Crippen LogP contribution is 2.58. The van der Waals surface area contributed by atoms with Gasteiger partial charge in [0.1, 0.15) is 73.4 Å². The van der Waals surface area contributed by atoms with Crippen LogP contribution >= 0.6 is 72.4 Å². The summed E-state index contributed by atoms with van der Waals surface area (Å²) in [7, 11) is -2.17. The quantitative estimate of drug-likeness (QED) is 0.0378. The Kier molecular flexibility index (Phi) is 21.7. The minimum Gasteiger partial charge on any atom is -0.780 e. The largest absolute Gasteiger partial charge is 0.780 e. The second kappa shape index (κ2) is 27.3. The lowest BCUT2D eigenvalue weighted by Gasteiger charge is -2.34. The molecule has 1 spiro atoms. The highest BCUT2D eigenvalue weighted by Gasteiger charge is 2.60. The number of thiol groups is 2. The fourth-order valence-electron chi connectivity index (χ4n) is 9.11. The maximum absolute atomic E-state index is 12.2. The lowest BCUT2D eigenvalue weighted by molar-refractivity contribution is -0.228. The Hall–Kier alpha value is 2.87. The maximum Gasteiger partial charge on any atom is 0.328 e. The van der Waals surface area contributed by atoms with Crippen molar-refractivity contribution in [2.24, 2.45) is 0 Å². The van der Waals surface area contributed by atoms with Crippen LogP contribution in [0.15, 0.2) is 0 Å². The van der Waals surface area contributed by atoms with Crippen molar-refractivity contribution in [3.05, 3.63) is 0 Å². The lowest BCUT2D eigenvalue weighted by Crippen LogP contribution is -2.43. The van der Waals surface area contributed by atoms with Crippen LogP contribution in [0.5, 0.6) is 0 Å². The van der Waals surface area contributed by atoms with Crippen molar-refractivity contribution in [1.82, 2.24) is 5.32 Å². The number of fused-ring (bicyclic) bond motifs is 1. The number of nitrogens with one attached hydrogen (secondary N) is 1. The molecular weight excluding hydrogens is 1220 g/mol. The van der Waals surface area contributed by atoms with Crippen LogP contribution in [0.2, 0.25) is 0 Å². The van der Waals surface area contributed by atoms with Crippen LogP contribution in [0.3, 0.4) is 0 Å². The van der Waals surface area contributed by atoms with Crippen LogP contribution < -0.4 is 10.2 Å². The summed E-state index contributed by atoms with van der Waals surface area (Å²) in [5, 5.41) is 22.4. The second-order valence-electron chi connectivity index (χ2n) is 18.2. The number of halogens is 2. The fraction of sp³-hybridized carbons (Fsp3) is 1.00. The van der Waals surface area contributed by atoms with E-state index in [9.17, 15) is 15.1 Å². The first kappa shape index (κ1) is 53.3. The molecule has 0 amide bonds. The van der Waals surface area contributed by atoms with E-state index >= 15 is 0 Å². The Morgan fingerprint density at radius 3 is 2.01 bits per heavy atom. The normalized spacial score (nSPS) is 43.4. The number of hydrogen-bond donors (Lipinski definition) is 5. The molecule has 0 bridgehead atoms. The Morgan fingerprint density at radius 1 is 0.806 bits per heavy atom. The Bertz CT molecular complexity index is 1780. The minimum absolute atomic E-state index is 0.00171. The Labute approximate surface area is 444 Å². The predicted octanol–water partition coefficient (Wildman–Crippen LogP) is 4.09. The lowest BCUT2D eigenvalue weighted by atomic mass is 10.1. The summed E-state index contributed by atoms with van der Waals surface area (Å²) in [4.78, 5) is 12.2. The molecule has 28 heteroatoms. The van der Waals surface area contributed by atoms with Gasteiger partial charge >= 0.3 is 6.72 Å². The van der Waals surface area contributed by atoms with E-state index in [2.05, 4.69) is 19.2 Å². The van der Waals surface area contributed by atoms with E-state index < -0.39 is 109 Å². The third kappa shape index (κ3) is 17.4. The molecule has 6 aliphatic heterocycles. The molecule has 16 unspecified atom stereocenters. The molecule has 0 aromatic carbocycles. The molecule has 0 aromatic rings. The monoisotopic (exact) mass is 1300 g/mol. The van der Waals surface area contributed by atoms with Gasteiger partial charge < -0.3 is 80.0 Å². The van der Waals surface area contributed by atoms with Gasteiger partial charge in [-0.15, -0.1) is 16.5 Å². The summed E-state index contributed by atoms with van der Waals surface area (Å²) in [5.41, 5.74) is 0.407. The molecule has 6 heterocycles. The van der Waals surface area contributed by atoms with Gasteiger partial charge in [0.15, 0.2) is 12.1 Å². The molecule has 7 aliphatic rings. The van der Waals surface area contributed by atoms with Crippen LogP contribution in [0, 0.1) is 0 Å². The summed E-state index contributed by atoms with van der Waals surface area (Å²) < 4.78 is 117. The van der Waals surface area contributed by atoms with Crippen molar-refractivity contribution in [2.45, 2.75) is 203 Å². The fourth-order valence-corrected chi connectivity index (χ4v) is 15.2. The average molecular weight is 1300 g/mol. The predicted molar refractivity (Wildman–Crippen MR) is 284 cm³/mol. The number of rotatable bonds is 25. The van der Waals surface area contributed by atoms with Gasteiger partial charge in [-0.1, -0.05) is 25.7 Å². The standard InChI is InChI=1S/C27H50B2I2NO10PS3.C12H23O7PS/c1-16(2)32-11-21-24(25-26(37-21)39-27(38-25)7-5-6-8-27)41-43(44,33-12-22-20(10-18(4)35-22)42-46(31)15-29)40-19-9-17(3)36-23(19)13-34-45(30)14-28;1-7-3-9(14)12(18-7)6-16-20(15,21)19-10-4-8(2)17-11(10)5-13/h16-26,28-29,32,45-46H,5-15H2,1-4H3;7-14H,3-6H2,1-2H3,(H,15,21)/p-1/t17?,18?,19?,20?,21-,22?,23?,24+,25-,26-,43?;/m0./s1/i28T,29T,45D,46D;. The summed E-state index contributed by atoms with van der Waals surface area (Å²) in [5.74, 6) is -0.699. The van der Waals surface area contributed by atoms with Crippen molar-refractivity contribution in [3.63, 3.8) is 0 Å². The summed E-state index contributed by atoms with van der Waals surface area (Å²) in [6.07, 6.45) is -1.46. The highest BCUT2D eigenvalue weighted by molar-refractivity contribution is 14.2. The molecule has 7 fully saturated rings. The average Bonchev–Trinajstić information content (AvgIpc) is 4.15. The third-order valence-corrected chi connectivity index (χ3v) is 21.0. The van der Waals surface area contributed by atoms with Crippen molar-refractivity contribution in [2.75, 3.05) is 44.3 Å². The molecule has 0 aromatic heterocycles. The van der Waals surface area contributed by atoms with Gasteiger partial charge in [0.05, 0.1) is 69.2 Å². The number of aliphatic hydroxyl groups is 2. The first-order valence-corrected chi connectivity index (χ1v) is 35.9. The molecule has 18 nitrogen and oxygen atoms in total. The van der Waals surface area contributed by atoms with Gasteiger partial charge in [0.2, 0.25) is 0 Å². The molecule has 1 aliphatic carbocycles. The summed E-state index contributed by atoms with van der Waals surface area (Å²) in [6.45, 7) is 4.59. The van der Waals surface area contributed by atoms with Crippen LogP contribution in [0.1, 0.15) is 92.9 Å². The first-order valence-electron chi connectivity index (χ1n) is 25.0. The molecule has 390 valence electrons. The van der Waals surface area contributed by atoms with E-state index in [1.807, 2.05) is 70.1 Å². The second-order valence-corrected chi connectivity index (χ2v) is 32.0. The third-order valence-electron chi connectivity index (χ3n) is 12.2. The van der Waals surface area contributed by atoms with E-state index in [1.165, 1.54) is 15.6 Å². The smallest absolute Gasteiger partial charge is 0.328 e. The SMILES string of the molecule is CC1CC(O)C(COP([O-])(=S)OC2CC(C)OC2CO)O1.[2H]S(I)(C[B][3H])OCC1OC(C)CC1OP(=S)(OCC1OC(C)CC1OS([2H])(I)C[B][3H])O[C@H]1[C@@H]2OC3(CCCC3)O[C@@H]2O[C@H]1CNC(C)C. The van der Waals surface area contributed by atoms with Crippen molar-refractivity contribution in [1.29, 1.82) is 4.92 Å². The van der Waals surface area contributed by atoms with Crippen LogP contribution in [-0.2, 0) is 87.8 Å². The molecular formula is C39H72B2I2NO17P2S4-. The minimum atomic E-state index is -3.72. The maximum atomic E-state index is 12.2. The van der Waals surface area contributed by atoms with E-state index in [4.69, 9.17) is 92.7 Å². The van der Waals surface area contributed by atoms with E-state index in [-0.39, 0.29) is 68.2 Å². The summed E-state index contributed by atoms with van der Waals surface area (Å²) in [6, 6.07) is 0.197. The van der Waals surface area contributed by atoms with E-state index in [0.29, 0.717) is 32.2 Å². The number of ether oxygens (including phenoxy) is 7. The molecule has 3 N–H and O–H groups in total. The first-order chi connectivity index (χ1) is 33.3. The van der Waals surface area contributed by atoms with Crippen LogP contribution in [-0.4, -0.2) is 185 Å². The number of hydrogen-bond acceptors (Lipinski definition) is 20. The number of aliphatic hydroxyl groups excluding tert-OH is 2. The molecule has 6 saturated heterocycles. The van der Waals surface area contributed by atoms with E-state index in [0.717, 1.165) is 25.7 Å². The highest BCUT2D eigenvalue weighted by atomic mass is 127. The zero-order chi connectivity index (χ0) is 51.9. The molecule has 20 atom stereocenters. The Morgan fingerprint density at radius 2 is 1.39 bits per heavy atom. The molecule has 2 radical (unpaired) electrons. The molecule has 67 heavy (non-hydrogen) atoms. The van der Waals surface area contributed by atoms with Gasteiger partial charge in [-0.2, -0.15) is 0 Å². The Balaban J connectivity index is 0.000000327.